The maximum absolute atomic E-state index is 6.13. The molecule has 132 valence electrons. The summed E-state index contributed by atoms with van der Waals surface area (Å²) in [5, 5.41) is 0. The first-order chi connectivity index (χ1) is 12.2. The Kier molecular flexibility index (Phi) is 4.79. The van der Waals surface area contributed by atoms with Crippen molar-refractivity contribution in [2.45, 2.75) is 44.6 Å². The first kappa shape index (κ1) is 16.6. The highest BCUT2D eigenvalue weighted by atomic mass is 16.5. The highest BCUT2D eigenvalue weighted by molar-refractivity contribution is 5.12. The molecule has 0 aliphatic carbocycles. The zero-order valence-electron chi connectivity index (χ0n) is 14.7. The third-order valence-electron chi connectivity index (χ3n) is 5.04. The fraction of sp³-hybridized carbons (Fsp3) is 0.500. The number of rotatable bonds is 5. The maximum atomic E-state index is 6.13. The smallest absolute Gasteiger partial charge is 0.0959 e. The van der Waals surface area contributed by atoms with Crippen molar-refractivity contribution in [1.82, 2.24) is 14.9 Å². The van der Waals surface area contributed by atoms with Crippen LogP contribution in [0.2, 0.25) is 0 Å². The van der Waals surface area contributed by atoms with E-state index in [1.54, 1.807) is 0 Å². The number of likely N-dealkylation sites (tertiary alicyclic amines) is 1. The van der Waals surface area contributed by atoms with E-state index in [-0.39, 0.29) is 11.7 Å². The highest BCUT2D eigenvalue weighted by Crippen LogP contribution is 2.36. The molecule has 2 aliphatic heterocycles. The molecule has 2 aromatic rings. The summed E-state index contributed by atoms with van der Waals surface area (Å²) >= 11 is 0. The van der Waals surface area contributed by atoms with Gasteiger partial charge in [-0.1, -0.05) is 6.07 Å². The molecule has 0 saturated carbocycles. The molecule has 0 amide bonds. The van der Waals surface area contributed by atoms with Crippen molar-refractivity contribution in [3.63, 3.8) is 0 Å². The third-order valence-corrected chi connectivity index (χ3v) is 5.04. The van der Waals surface area contributed by atoms with Gasteiger partial charge in [-0.2, -0.15) is 0 Å². The average molecular weight is 339 g/mol. The SMILES string of the molecule is Cc1cccc(CN2CC3(CC(OCc4ccncc4)CCO3)C2)n1. The quantitative estimate of drug-likeness (QED) is 0.838. The lowest BCUT2D eigenvalue weighted by atomic mass is 9.84. The van der Waals surface area contributed by atoms with E-state index in [1.807, 2.05) is 37.5 Å². The summed E-state index contributed by atoms with van der Waals surface area (Å²) < 4.78 is 12.3. The fourth-order valence-corrected chi connectivity index (χ4v) is 3.84. The molecule has 4 rings (SSSR count). The molecule has 0 radical (unpaired) electrons. The van der Waals surface area contributed by atoms with Gasteiger partial charge in [-0.25, -0.2) is 0 Å². The number of hydrogen-bond acceptors (Lipinski definition) is 5. The van der Waals surface area contributed by atoms with Gasteiger partial charge in [-0.3, -0.25) is 14.9 Å². The molecule has 4 heterocycles. The monoisotopic (exact) mass is 339 g/mol. The second-order valence-electron chi connectivity index (χ2n) is 7.23. The molecule has 25 heavy (non-hydrogen) atoms. The van der Waals surface area contributed by atoms with Crippen LogP contribution in [0.4, 0.5) is 0 Å². The van der Waals surface area contributed by atoms with Crippen molar-refractivity contribution < 1.29 is 9.47 Å². The van der Waals surface area contributed by atoms with Crippen molar-refractivity contribution >= 4 is 0 Å². The molecule has 0 aromatic carbocycles. The first-order valence-corrected chi connectivity index (χ1v) is 9.00. The minimum atomic E-state index is -0.0228. The second kappa shape index (κ2) is 7.20. The minimum absolute atomic E-state index is 0.0228. The number of ether oxygens (including phenoxy) is 2. The predicted octanol–water partition coefficient (Wildman–Crippen LogP) is 2.74. The summed E-state index contributed by atoms with van der Waals surface area (Å²) in [6.07, 6.45) is 5.86. The van der Waals surface area contributed by atoms with Crippen LogP contribution >= 0.6 is 0 Å². The average Bonchev–Trinajstić information content (AvgIpc) is 2.60. The lowest BCUT2D eigenvalue weighted by Crippen LogP contribution is -2.65. The summed E-state index contributed by atoms with van der Waals surface area (Å²) in [5.74, 6) is 0. The summed E-state index contributed by atoms with van der Waals surface area (Å²) in [5.41, 5.74) is 3.36. The van der Waals surface area contributed by atoms with Crippen LogP contribution in [-0.4, -0.2) is 46.3 Å². The van der Waals surface area contributed by atoms with E-state index in [0.29, 0.717) is 6.61 Å². The van der Waals surface area contributed by atoms with Gasteiger partial charge in [0.15, 0.2) is 0 Å². The molecule has 1 unspecified atom stereocenters. The Hall–Kier alpha value is -1.82. The zero-order valence-corrected chi connectivity index (χ0v) is 14.7. The molecule has 2 saturated heterocycles. The van der Waals surface area contributed by atoms with Gasteiger partial charge < -0.3 is 9.47 Å². The van der Waals surface area contributed by atoms with Crippen molar-refractivity contribution in [1.29, 1.82) is 0 Å². The number of aryl methyl sites for hydroxylation is 1. The van der Waals surface area contributed by atoms with Gasteiger partial charge in [0.2, 0.25) is 0 Å². The van der Waals surface area contributed by atoms with Crippen LogP contribution in [0.15, 0.2) is 42.7 Å². The molecule has 0 bridgehead atoms. The molecule has 5 nitrogen and oxygen atoms in total. The standard InChI is InChI=1S/C20H25N3O2/c1-16-3-2-4-18(22-16)12-23-14-20(15-23)11-19(7-10-25-20)24-13-17-5-8-21-9-6-17/h2-6,8-9,19H,7,10-15H2,1H3. The molecular weight excluding hydrogens is 314 g/mol. The number of aromatic nitrogens is 2. The Morgan fingerprint density at radius 1 is 1.24 bits per heavy atom. The Morgan fingerprint density at radius 3 is 2.88 bits per heavy atom. The number of pyridine rings is 2. The van der Waals surface area contributed by atoms with Crippen molar-refractivity contribution in [3.05, 3.63) is 59.7 Å². The van der Waals surface area contributed by atoms with Crippen LogP contribution in [0.1, 0.15) is 29.8 Å². The Bertz CT molecular complexity index is 701. The van der Waals surface area contributed by atoms with E-state index in [2.05, 4.69) is 27.0 Å². The first-order valence-electron chi connectivity index (χ1n) is 9.00. The molecule has 2 fully saturated rings. The van der Waals surface area contributed by atoms with Crippen LogP contribution in [0.25, 0.3) is 0 Å². The highest BCUT2D eigenvalue weighted by Gasteiger charge is 2.47. The Labute approximate surface area is 149 Å². The summed E-state index contributed by atoms with van der Waals surface area (Å²) in [4.78, 5) is 11.1. The zero-order chi connectivity index (χ0) is 17.1. The Morgan fingerprint density at radius 2 is 2.08 bits per heavy atom. The minimum Gasteiger partial charge on any atom is -0.373 e. The van der Waals surface area contributed by atoms with E-state index in [4.69, 9.17) is 9.47 Å². The van der Waals surface area contributed by atoms with Crippen LogP contribution in [0, 0.1) is 6.92 Å². The molecule has 5 heteroatoms. The van der Waals surface area contributed by atoms with Crippen LogP contribution < -0.4 is 0 Å². The lowest BCUT2D eigenvalue weighted by molar-refractivity contribution is -0.200. The normalized spacial score (nSPS) is 22.7. The van der Waals surface area contributed by atoms with Crippen molar-refractivity contribution in [2.24, 2.45) is 0 Å². The van der Waals surface area contributed by atoms with Gasteiger partial charge in [-0.05, 0) is 43.2 Å². The molecule has 2 aromatic heterocycles. The number of nitrogens with zero attached hydrogens (tertiary/aromatic N) is 3. The predicted molar refractivity (Wildman–Crippen MR) is 95.0 cm³/mol. The van der Waals surface area contributed by atoms with Gasteiger partial charge in [0, 0.05) is 50.7 Å². The molecule has 1 spiro atoms. The van der Waals surface area contributed by atoms with E-state index in [0.717, 1.165) is 50.5 Å². The summed E-state index contributed by atoms with van der Waals surface area (Å²) in [6.45, 7) is 6.32. The van der Waals surface area contributed by atoms with Gasteiger partial charge in [0.1, 0.15) is 0 Å². The van der Waals surface area contributed by atoms with Crippen LogP contribution in [0.5, 0.6) is 0 Å². The Balaban J connectivity index is 1.27. The fourth-order valence-electron chi connectivity index (χ4n) is 3.84. The van der Waals surface area contributed by atoms with E-state index >= 15 is 0 Å². The van der Waals surface area contributed by atoms with Crippen LogP contribution in [-0.2, 0) is 22.6 Å². The number of hydrogen-bond donors (Lipinski definition) is 0. The van der Waals surface area contributed by atoms with Gasteiger partial charge in [0.25, 0.3) is 0 Å². The lowest BCUT2D eigenvalue weighted by Gasteiger charge is -2.53. The van der Waals surface area contributed by atoms with E-state index < -0.39 is 0 Å². The molecule has 1 atom stereocenters. The van der Waals surface area contributed by atoms with E-state index in [9.17, 15) is 0 Å². The second-order valence-corrected chi connectivity index (χ2v) is 7.23. The molecular formula is C20H25N3O2. The van der Waals surface area contributed by atoms with Gasteiger partial charge in [0.05, 0.1) is 24.0 Å². The van der Waals surface area contributed by atoms with Gasteiger partial charge >= 0.3 is 0 Å². The van der Waals surface area contributed by atoms with Crippen LogP contribution in [0.3, 0.4) is 0 Å². The summed E-state index contributed by atoms with van der Waals surface area (Å²) in [7, 11) is 0. The molecule has 2 aliphatic rings. The summed E-state index contributed by atoms with van der Waals surface area (Å²) in [6, 6.07) is 10.2. The van der Waals surface area contributed by atoms with Crippen molar-refractivity contribution in [2.75, 3.05) is 19.7 Å². The largest absolute Gasteiger partial charge is 0.373 e. The van der Waals surface area contributed by atoms with E-state index in [1.165, 1.54) is 5.56 Å². The van der Waals surface area contributed by atoms with Gasteiger partial charge in [-0.15, -0.1) is 0 Å². The maximum Gasteiger partial charge on any atom is 0.0959 e. The third kappa shape index (κ3) is 4.06. The van der Waals surface area contributed by atoms with Crippen molar-refractivity contribution in [3.8, 4) is 0 Å². The molecule has 0 N–H and O–H groups in total. The topological polar surface area (TPSA) is 47.5 Å².